The standard InChI is InChI=1S/C43H57N7O6/c1-5-17-46-39(54)35(51)30(20-25-13-14-25)47-38(53)34-32-29(42(32,2)3)24-50(34)41(56)33(28-21-26-11-7-8-12-27(26)22-28)48-40(55)36(43(4)15-9-6-10-16-43)49-37(52)31-23-44-18-19-45-31/h7-8,11-12,18-19,23,25,28-30,32-34,36H,5-6,9-10,13-17,20-22,24H2,1-4H3,(H,46,54)(H,47,53)(H,48,55)(H,49,52)/t29-,30?,32-,33-,34-,36+/m0/s1. The number of fused-ring (bicyclic) bond motifs is 2. The van der Waals surface area contributed by atoms with Crippen LogP contribution in [0.15, 0.2) is 42.9 Å². The summed E-state index contributed by atoms with van der Waals surface area (Å²) in [6, 6.07) is 4.23. The highest BCUT2D eigenvalue weighted by Crippen LogP contribution is 2.65. The Morgan fingerprint density at radius 2 is 1.61 bits per heavy atom. The van der Waals surface area contributed by atoms with Gasteiger partial charge in [0.2, 0.25) is 23.5 Å². The van der Waals surface area contributed by atoms with Crippen LogP contribution in [0, 0.1) is 34.5 Å². The molecule has 3 saturated carbocycles. The van der Waals surface area contributed by atoms with Crippen LogP contribution in [0.5, 0.6) is 0 Å². The van der Waals surface area contributed by atoms with Gasteiger partial charge in [0.25, 0.3) is 11.8 Å². The molecule has 300 valence electrons. The van der Waals surface area contributed by atoms with Crippen LogP contribution in [-0.4, -0.2) is 87.4 Å². The van der Waals surface area contributed by atoms with Gasteiger partial charge in [-0.25, -0.2) is 4.98 Å². The van der Waals surface area contributed by atoms with Crippen molar-refractivity contribution in [1.29, 1.82) is 0 Å². The van der Waals surface area contributed by atoms with Crippen LogP contribution in [0.1, 0.15) is 107 Å². The Bertz CT molecular complexity index is 1820. The van der Waals surface area contributed by atoms with Crippen LogP contribution in [0.25, 0.3) is 0 Å². The van der Waals surface area contributed by atoms with Gasteiger partial charge in [-0.1, -0.05) is 84.1 Å². The average molecular weight is 768 g/mol. The molecule has 5 amide bonds. The van der Waals surface area contributed by atoms with E-state index in [4.69, 9.17) is 0 Å². The SMILES string of the molecule is CCCNC(=O)C(=O)C(CC1CC1)NC(=O)[C@@H]1[C@@H]2[C@H](CN1C(=O)[C@@H](NC(=O)[C@@H](NC(=O)c1cnccn1)C1(C)CCCCC1)C1Cc3ccccc3C1)C2(C)C. The zero-order valence-corrected chi connectivity index (χ0v) is 33.1. The van der Waals surface area contributed by atoms with Crippen LogP contribution >= 0.6 is 0 Å². The van der Waals surface area contributed by atoms with Crippen molar-refractivity contribution < 1.29 is 28.8 Å². The average Bonchev–Trinajstić information content (AvgIpc) is 3.95. The molecule has 13 nitrogen and oxygen atoms in total. The molecule has 0 radical (unpaired) electrons. The third kappa shape index (κ3) is 8.09. The van der Waals surface area contributed by atoms with E-state index in [1.807, 2.05) is 38.1 Å². The number of ketones is 1. The highest BCUT2D eigenvalue weighted by atomic mass is 16.2. The van der Waals surface area contributed by atoms with Gasteiger partial charge < -0.3 is 26.2 Å². The van der Waals surface area contributed by atoms with E-state index in [2.05, 4.69) is 45.1 Å². The number of nitrogens with one attached hydrogen (secondary N) is 4. The molecule has 56 heavy (non-hydrogen) atoms. The van der Waals surface area contributed by atoms with Crippen LogP contribution in [0.4, 0.5) is 0 Å². The van der Waals surface area contributed by atoms with Gasteiger partial charge in [0.05, 0.1) is 12.2 Å². The summed E-state index contributed by atoms with van der Waals surface area (Å²) in [5.74, 6) is -3.25. The molecule has 1 unspecified atom stereocenters. The van der Waals surface area contributed by atoms with Crippen molar-refractivity contribution in [2.24, 2.45) is 34.5 Å². The van der Waals surface area contributed by atoms with E-state index < -0.39 is 59.0 Å². The second-order valence-electron chi connectivity index (χ2n) is 17.9. The fraction of sp³-hybridized carbons (Fsp3) is 0.628. The first-order valence-corrected chi connectivity index (χ1v) is 20.7. The van der Waals surface area contributed by atoms with E-state index >= 15 is 4.79 Å². The second kappa shape index (κ2) is 16.1. The predicted molar refractivity (Wildman–Crippen MR) is 208 cm³/mol. The van der Waals surface area contributed by atoms with Gasteiger partial charge in [-0.2, -0.15) is 0 Å². The lowest BCUT2D eigenvalue weighted by Gasteiger charge is -2.41. The Morgan fingerprint density at radius 3 is 2.23 bits per heavy atom. The van der Waals surface area contributed by atoms with Crippen molar-refractivity contribution in [3.63, 3.8) is 0 Å². The molecule has 5 aliphatic rings. The molecule has 1 aliphatic heterocycles. The smallest absolute Gasteiger partial charge is 0.289 e. The van der Waals surface area contributed by atoms with Crippen molar-refractivity contribution in [2.75, 3.05) is 13.1 Å². The van der Waals surface area contributed by atoms with E-state index in [-0.39, 0.29) is 40.7 Å². The number of hydrogen-bond acceptors (Lipinski definition) is 8. The highest BCUT2D eigenvalue weighted by Gasteiger charge is 2.70. The highest BCUT2D eigenvalue weighted by molar-refractivity contribution is 6.38. The first-order valence-electron chi connectivity index (χ1n) is 20.7. The predicted octanol–water partition coefficient (Wildman–Crippen LogP) is 3.31. The van der Waals surface area contributed by atoms with Crippen LogP contribution in [0.2, 0.25) is 0 Å². The largest absolute Gasteiger partial charge is 0.349 e. The molecule has 0 spiro atoms. The summed E-state index contributed by atoms with van der Waals surface area (Å²) in [7, 11) is 0. The number of rotatable bonds is 15. The Balaban J connectivity index is 1.17. The number of carbonyl (C=O) groups is 6. The zero-order valence-electron chi connectivity index (χ0n) is 33.1. The number of Topliss-reactive ketones (excluding diaryl/α,β-unsaturated/α-hetero) is 1. The number of likely N-dealkylation sites (tertiary alicyclic amines) is 1. The van der Waals surface area contributed by atoms with Crippen LogP contribution in [0.3, 0.4) is 0 Å². The number of benzene rings is 1. The van der Waals surface area contributed by atoms with E-state index in [9.17, 15) is 24.0 Å². The van der Waals surface area contributed by atoms with Gasteiger partial charge in [-0.15, -0.1) is 0 Å². The lowest BCUT2D eigenvalue weighted by molar-refractivity contribution is -0.146. The van der Waals surface area contributed by atoms with Crippen molar-refractivity contribution in [1.82, 2.24) is 36.1 Å². The fourth-order valence-corrected chi connectivity index (χ4v) is 9.92. The van der Waals surface area contributed by atoms with Crippen LogP contribution in [-0.2, 0) is 36.8 Å². The molecule has 4 fully saturated rings. The summed E-state index contributed by atoms with van der Waals surface area (Å²) in [6.45, 7) is 8.81. The maximum Gasteiger partial charge on any atom is 0.289 e. The summed E-state index contributed by atoms with van der Waals surface area (Å²) < 4.78 is 0. The summed E-state index contributed by atoms with van der Waals surface area (Å²) in [4.78, 5) is 93.9. The molecule has 4 N–H and O–H groups in total. The lowest BCUT2D eigenvalue weighted by Crippen LogP contribution is -2.63. The monoisotopic (exact) mass is 767 g/mol. The number of piperidine rings is 1. The molecule has 6 atom stereocenters. The minimum atomic E-state index is -0.988. The molecule has 0 bridgehead atoms. The maximum absolute atomic E-state index is 15.2. The van der Waals surface area contributed by atoms with Gasteiger partial charge in [0.15, 0.2) is 0 Å². The number of hydrogen-bond donors (Lipinski definition) is 4. The van der Waals surface area contributed by atoms with E-state index in [0.29, 0.717) is 38.8 Å². The Hall–Kier alpha value is -4.68. The topological polar surface area (TPSA) is 180 Å². The molecule has 2 heterocycles. The van der Waals surface area contributed by atoms with Crippen molar-refractivity contribution in [2.45, 2.75) is 122 Å². The second-order valence-corrected chi connectivity index (χ2v) is 17.9. The van der Waals surface area contributed by atoms with E-state index in [0.717, 1.165) is 56.1 Å². The molecule has 7 rings (SSSR count). The summed E-state index contributed by atoms with van der Waals surface area (Å²) in [6.07, 6.45) is 12.6. The van der Waals surface area contributed by atoms with Gasteiger partial charge in [-0.05, 0) is 84.2 Å². The molecule has 2 aromatic rings. The normalized spacial score (nSPS) is 24.8. The molecule has 13 heteroatoms. The van der Waals surface area contributed by atoms with Gasteiger partial charge >= 0.3 is 0 Å². The molecular weight excluding hydrogens is 711 g/mol. The lowest BCUT2D eigenvalue weighted by atomic mass is 9.70. The van der Waals surface area contributed by atoms with Crippen molar-refractivity contribution in [3.8, 4) is 0 Å². The number of nitrogens with zero attached hydrogens (tertiary/aromatic N) is 3. The zero-order chi connectivity index (χ0) is 39.8. The first kappa shape index (κ1) is 39.6. The van der Waals surface area contributed by atoms with Gasteiger partial charge in [-0.3, -0.25) is 33.8 Å². The van der Waals surface area contributed by atoms with E-state index in [1.54, 1.807) is 4.90 Å². The first-order chi connectivity index (χ1) is 26.8. The van der Waals surface area contributed by atoms with Gasteiger partial charge in [0, 0.05) is 25.5 Å². The number of aromatic nitrogens is 2. The number of carbonyl (C=O) groups excluding carboxylic acids is 6. The maximum atomic E-state index is 15.2. The molecular formula is C43H57N7O6. The summed E-state index contributed by atoms with van der Waals surface area (Å²) in [5.41, 5.74) is 1.54. The molecule has 1 aromatic heterocycles. The molecule has 1 saturated heterocycles. The third-order valence-electron chi connectivity index (χ3n) is 13.6. The van der Waals surface area contributed by atoms with Gasteiger partial charge in [0.1, 0.15) is 23.8 Å². The minimum Gasteiger partial charge on any atom is -0.349 e. The fourth-order valence-electron chi connectivity index (χ4n) is 9.92. The summed E-state index contributed by atoms with van der Waals surface area (Å²) >= 11 is 0. The Labute approximate surface area is 329 Å². The van der Waals surface area contributed by atoms with E-state index in [1.165, 1.54) is 18.6 Å². The quantitative estimate of drug-likeness (QED) is 0.200. The minimum absolute atomic E-state index is 0.0601. The Morgan fingerprint density at radius 1 is 0.911 bits per heavy atom. The Kier molecular flexibility index (Phi) is 11.3. The van der Waals surface area contributed by atoms with Crippen molar-refractivity contribution in [3.05, 3.63) is 59.7 Å². The van der Waals surface area contributed by atoms with Crippen LogP contribution < -0.4 is 21.3 Å². The molecule has 4 aliphatic carbocycles. The number of amides is 5. The third-order valence-corrected chi connectivity index (χ3v) is 13.6. The molecule has 1 aromatic carbocycles. The summed E-state index contributed by atoms with van der Waals surface area (Å²) in [5, 5.41) is 11.8. The van der Waals surface area contributed by atoms with Crippen molar-refractivity contribution >= 4 is 35.3 Å².